The van der Waals surface area contributed by atoms with E-state index in [2.05, 4.69) is 0 Å². The summed E-state index contributed by atoms with van der Waals surface area (Å²) >= 11 is 0. The fraction of sp³-hybridized carbons (Fsp3) is 0.889. The zero-order chi connectivity index (χ0) is 9.68. The summed E-state index contributed by atoms with van der Waals surface area (Å²) in [5.74, 6) is 0.193. The summed E-state index contributed by atoms with van der Waals surface area (Å²) in [4.78, 5) is 13.3. The van der Waals surface area contributed by atoms with E-state index in [-0.39, 0.29) is 12.1 Å². The lowest BCUT2D eigenvalue weighted by Gasteiger charge is -2.27. The number of nitrogens with two attached hydrogens (primary N) is 2. The van der Waals surface area contributed by atoms with Gasteiger partial charge in [0.2, 0.25) is 5.91 Å². The minimum Gasteiger partial charge on any atom is -0.330 e. The number of rotatable bonds is 3. The van der Waals surface area contributed by atoms with Crippen LogP contribution in [0.1, 0.15) is 32.1 Å². The average molecular weight is 185 g/mol. The molecule has 0 spiro atoms. The quantitative estimate of drug-likeness (QED) is 0.651. The highest BCUT2D eigenvalue weighted by Gasteiger charge is 2.21. The van der Waals surface area contributed by atoms with Gasteiger partial charge >= 0.3 is 0 Å². The zero-order valence-electron chi connectivity index (χ0n) is 8.04. The maximum absolute atomic E-state index is 11.5. The second kappa shape index (κ2) is 5.19. The van der Waals surface area contributed by atoms with Crippen LogP contribution in [0, 0.1) is 0 Å². The van der Waals surface area contributed by atoms with E-state index < -0.39 is 0 Å². The van der Waals surface area contributed by atoms with Gasteiger partial charge in [0.15, 0.2) is 0 Å². The zero-order valence-corrected chi connectivity index (χ0v) is 8.04. The fourth-order valence-corrected chi connectivity index (χ4v) is 1.68. The van der Waals surface area contributed by atoms with E-state index in [1.165, 1.54) is 0 Å². The molecule has 13 heavy (non-hydrogen) atoms. The lowest BCUT2D eigenvalue weighted by atomic mass is 10.2. The van der Waals surface area contributed by atoms with E-state index in [1.54, 1.807) is 4.90 Å². The highest BCUT2D eigenvalue weighted by atomic mass is 16.2. The molecule has 1 fully saturated rings. The van der Waals surface area contributed by atoms with Gasteiger partial charge in [-0.3, -0.25) is 4.79 Å². The summed E-state index contributed by atoms with van der Waals surface area (Å²) in [7, 11) is 0. The highest BCUT2D eigenvalue weighted by Crippen LogP contribution is 2.13. The lowest BCUT2D eigenvalue weighted by Crippen LogP contribution is -2.46. The summed E-state index contributed by atoms with van der Waals surface area (Å²) in [6.45, 7) is 1.35. The topological polar surface area (TPSA) is 72.3 Å². The molecule has 1 aliphatic heterocycles. The third-order valence-corrected chi connectivity index (χ3v) is 2.47. The first-order valence-electron chi connectivity index (χ1n) is 5.01. The lowest BCUT2D eigenvalue weighted by molar-refractivity contribution is -0.132. The largest absolute Gasteiger partial charge is 0.330 e. The Morgan fingerprint density at radius 3 is 2.85 bits per heavy atom. The van der Waals surface area contributed by atoms with E-state index in [0.717, 1.165) is 25.8 Å². The minimum absolute atomic E-state index is 0.171. The van der Waals surface area contributed by atoms with Crippen LogP contribution in [-0.2, 0) is 4.79 Å². The molecule has 1 atom stereocenters. The first-order chi connectivity index (χ1) is 6.25. The van der Waals surface area contributed by atoms with Gasteiger partial charge in [-0.25, -0.2) is 0 Å². The van der Waals surface area contributed by atoms with E-state index >= 15 is 0 Å². The van der Waals surface area contributed by atoms with Crippen LogP contribution in [-0.4, -0.2) is 30.1 Å². The molecule has 76 valence electrons. The first kappa shape index (κ1) is 10.5. The number of hydrogen-bond donors (Lipinski definition) is 2. The van der Waals surface area contributed by atoms with Crippen LogP contribution in [0.2, 0.25) is 0 Å². The van der Waals surface area contributed by atoms with E-state index in [1.807, 2.05) is 0 Å². The molecule has 1 amide bonds. The number of amides is 1. The summed E-state index contributed by atoms with van der Waals surface area (Å²) in [5.41, 5.74) is 11.2. The second-order valence-corrected chi connectivity index (χ2v) is 3.54. The maximum atomic E-state index is 11.5. The van der Waals surface area contributed by atoms with Crippen molar-refractivity contribution in [1.29, 1.82) is 0 Å². The molecule has 1 heterocycles. The van der Waals surface area contributed by atoms with Crippen molar-refractivity contribution < 1.29 is 4.79 Å². The molecule has 0 aromatic heterocycles. The smallest absolute Gasteiger partial charge is 0.223 e. The molecule has 1 rings (SSSR count). The molecule has 4 N–H and O–H groups in total. The predicted octanol–water partition coefficient (Wildman–Crippen LogP) is 0.0226. The molecular formula is C9H19N3O. The number of hydrogen-bond acceptors (Lipinski definition) is 3. The number of nitrogens with zero attached hydrogens (tertiary/aromatic N) is 1. The fourth-order valence-electron chi connectivity index (χ4n) is 1.68. The molecule has 1 saturated heterocycles. The summed E-state index contributed by atoms with van der Waals surface area (Å²) < 4.78 is 0. The Kier molecular flexibility index (Phi) is 4.18. The number of likely N-dealkylation sites (tertiary alicyclic amines) is 1. The third-order valence-electron chi connectivity index (χ3n) is 2.47. The Labute approximate surface area is 79.3 Å². The van der Waals surface area contributed by atoms with Crippen LogP contribution in [0.3, 0.4) is 0 Å². The normalized spacial score (nSPS) is 21.4. The number of carbonyl (C=O) groups excluding carboxylic acids is 1. The van der Waals surface area contributed by atoms with Gasteiger partial charge in [-0.15, -0.1) is 0 Å². The van der Waals surface area contributed by atoms with E-state index in [4.69, 9.17) is 11.5 Å². The molecule has 0 radical (unpaired) electrons. The Morgan fingerprint density at radius 2 is 2.15 bits per heavy atom. The van der Waals surface area contributed by atoms with Gasteiger partial charge in [-0.2, -0.15) is 0 Å². The van der Waals surface area contributed by atoms with Gasteiger partial charge in [-0.1, -0.05) is 6.42 Å². The Morgan fingerprint density at radius 1 is 1.38 bits per heavy atom. The molecule has 0 saturated carbocycles. The molecule has 0 aromatic carbocycles. The first-order valence-corrected chi connectivity index (χ1v) is 5.01. The van der Waals surface area contributed by atoms with Crippen molar-refractivity contribution in [3.05, 3.63) is 0 Å². The Bertz CT molecular complexity index is 172. The standard InChI is InChI=1S/C9H19N3O/c10-6-5-8(11)12-7-3-1-2-4-9(12)13/h8H,1-7,10-11H2. The summed E-state index contributed by atoms with van der Waals surface area (Å²) in [6.07, 6.45) is 4.40. The average Bonchev–Trinajstić information content (AvgIpc) is 2.30. The van der Waals surface area contributed by atoms with Crippen LogP contribution >= 0.6 is 0 Å². The van der Waals surface area contributed by atoms with E-state index in [0.29, 0.717) is 19.4 Å². The molecule has 0 bridgehead atoms. The van der Waals surface area contributed by atoms with Gasteiger partial charge in [0.1, 0.15) is 0 Å². The monoisotopic (exact) mass is 185 g/mol. The Hall–Kier alpha value is -0.610. The molecule has 4 heteroatoms. The molecule has 0 aromatic rings. The van der Waals surface area contributed by atoms with Crippen LogP contribution in [0.15, 0.2) is 0 Å². The molecular weight excluding hydrogens is 166 g/mol. The maximum Gasteiger partial charge on any atom is 0.223 e. The van der Waals surface area contributed by atoms with Crippen molar-refractivity contribution in [2.24, 2.45) is 11.5 Å². The van der Waals surface area contributed by atoms with E-state index in [9.17, 15) is 4.79 Å². The van der Waals surface area contributed by atoms with Crippen LogP contribution in [0.25, 0.3) is 0 Å². The van der Waals surface area contributed by atoms with Gasteiger partial charge in [0.25, 0.3) is 0 Å². The molecule has 1 unspecified atom stereocenters. The second-order valence-electron chi connectivity index (χ2n) is 3.54. The molecule has 1 aliphatic rings. The third kappa shape index (κ3) is 2.97. The van der Waals surface area contributed by atoms with Gasteiger partial charge in [0.05, 0.1) is 6.17 Å². The summed E-state index contributed by atoms with van der Waals surface area (Å²) in [6, 6.07) is 0. The van der Waals surface area contributed by atoms with Crippen LogP contribution in [0.5, 0.6) is 0 Å². The predicted molar refractivity (Wildman–Crippen MR) is 51.8 cm³/mol. The van der Waals surface area contributed by atoms with Gasteiger partial charge in [-0.05, 0) is 25.8 Å². The Balaban J connectivity index is 2.48. The highest BCUT2D eigenvalue weighted by molar-refractivity contribution is 5.76. The van der Waals surface area contributed by atoms with Gasteiger partial charge < -0.3 is 16.4 Å². The summed E-state index contributed by atoms with van der Waals surface area (Å²) in [5, 5.41) is 0. The molecule has 0 aliphatic carbocycles. The number of carbonyl (C=O) groups is 1. The van der Waals surface area contributed by atoms with Gasteiger partial charge in [0, 0.05) is 13.0 Å². The van der Waals surface area contributed by atoms with Crippen molar-refractivity contribution in [3.63, 3.8) is 0 Å². The van der Waals surface area contributed by atoms with Crippen molar-refractivity contribution in [2.75, 3.05) is 13.1 Å². The van der Waals surface area contributed by atoms with Crippen molar-refractivity contribution >= 4 is 5.91 Å². The van der Waals surface area contributed by atoms with Crippen molar-refractivity contribution in [1.82, 2.24) is 4.90 Å². The van der Waals surface area contributed by atoms with Crippen LogP contribution < -0.4 is 11.5 Å². The molecule has 4 nitrogen and oxygen atoms in total. The SMILES string of the molecule is NCCC(N)N1CCCCCC1=O. The van der Waals surface area contributed by atoms with Crippen molar-refractivity contribution in [2.45, 2.75) is 38.3 Å². The van der Waals surface area contributed by atoms with Crippen molar-refractivity contribution in [3.8, 4) is 0 Å². The minimum atomic E-state index is -0.171. The van der Waals surface area contributed by atoms with Crippen LogP contribution in [0.4, 0.5) is 0 Å².